The van der Waals surface area contributed by atoms with Crippen LogP contribution >= 0.6 is 0 Å². The second-order valence-electron chi connectivity index (χ2n) is 6.72. The zero-order chi connectivity index (χ0) is 17.5. The van der Waals surface area contributed by atoms with Crippen LogP contribution in [0.5, 0.6) is 0 Å². The highest BCUT2D eigenvalue weighted by atomic mass is 16.5. The van der Waals surface area contributed by atoms with Crippen molar-refractivity contribution in [3.8, 4) is 0 Å². The first-order chi connectivity index (χ1) is 11.5. The van der Waals surface area contributed by atoms with Gasteiger partial charge in [-0.1, -0.05) is 6.42 Å². The zero-order valence-electron chi connectivity index (χ0n) is 14.8. The van der Waals surface area contributed by atoms with Crippen LogP contribution in [0, 0.1) is 11.8 Å². The minimum absolute atomic E-state index is 0.0472. The minimum Gasteiger partial charge on any atom is -0.469 e. The number of esters is 1. The average molecular weight is 339 g/mol. The fourth-order valence-corrected chi connectivity index (χ4v) is 3.58. The van der Waals surface area contributed by atoms with E-state index in [1.165, 1.54) is 7.11 Å². The maximum Gasteiger partial charge on any atom is 0.308 e. The molecule has 1 saturated carbocycles. The Labute approximate surface area is 143 Å². The molecule has 7 nitrogen and oxygen atoms in total. The topological polar surface area (TPSA) is 79.0 Å². The van der Waals surface area contributed by atoms with Gasteiger partial charge in [0.15, 0.2) is 0 Å². The Bertz CT molecular complexity index is 461. The molecule has 0 aromatic rings. The molecule has 7 heteroatoms. The monoisotopic (exact) mass is 339 g/mol. The normalized spacial score (nSPS) is 25.2. The maximum absolute atomic E-state index is 12.3. The lowest BCUT2D eigenvalue weighted by Gasteiger charge is -2.34. The zero-order valence-corrected chi connectivity index (χ0v) is 14.8. The molecule has 0 bridgehead atoms. The number of rotatable bonds is 5. The molecule has 136 valence electrons. The third kappa shape index (κ3) is 5.19. The molecule has 0 unspecified atom stereocenters. The van der Waals surface area contributed by atoms with Crippen molar-refractivity contribution < 1.29 is 19.1 Å². The number of carbonyl (C=O) groups is 3. The molecule has 0 radical (unpaired) electrons. The van der Waals surface area contributed by atoms with Crippen LogP contribution in [0.1, 0.15) is 32.6 Å². The van der Waals surface area contributed by atoms with Crippen LogP contribution in [0.15, 0.2) is 0 Å². The van der Waals surface area contributed by atoms with Gasteiger partial charge in [-0.15, -0.1) is 0 Å². The van der Waals surface area contributed by atoms with Gasteiger partial charge in [0.1, 0.15) is 0 Å². The molecule has 2 fully saturated rings. The maximum atomic E-state index is 12.3. The second kappa shape index (κ2) is 9.01. The predicted molar refractivity (Wildman–Crippen MR) is 89.2 cm³/mol. The lowest BCUT2D eigenvalue weighted by atomic mass is 9.81. The Morgan fingerprint density at radius 1 is 1.08 bits per heavy atom. The third-order valence-corrected chi connectivity index (χ3v) is 5.12. The van der Waals surface area contributed by atoms with E-state index in [9.17, 15) is 14.4 Å². The van der Waals surface area contributed by atoms with Gasteiger partial charge in [0.25, 0.3) is 0 Å². The third-order valence-electron chi connectivity index (χ3n) is 5.12. The first-order valence-electron chi connectivity index (χ1n) is 8.84. The lowest BCUT2D eigenvalue weighted by Crippen LogP contribution is -2.50. The van der Waals surface area contributed by atoms with E-state index in [0.717, 1.165) is 52.0 Å². The minimum atomic E-state index is -0.198. The molecule has 0 spiro atoms. The number of piperazine rings is 1. The van der Waals surface area contributed by atoms with Crippen molar-refractivity contribution in [3.05, 3.63) is 0 Å². The Balaban J connectivity index is 1.66. The number of nitrogens with one attached hydrogen (secondary N) is 1. The van der Waals surface area contributed by atoms with E-state index in [4.69, 9.17) is 4.74 Å². The molecular weight excluding hydrogens is 310 g/mol. The summed E-state index contributed by atoms with van der Waals surface area (Å²) in [5.41, 5.74) is 0. The van der Waals surface area contributed by atoms with Gasteiger partial charge in [0.05, 0.1) is 13.0 Å². The van der Waals surface area contributed by atoms with E-state index in [1.807, 2.05) is 4.90 Å². The van der Waals surface area contributed by atoms with E-state index in [1.54, 1.807) is 6.92 Å². The summed E-state index contributed by atoms with van der Waals surface area (Å²) in [5.74, 6) is -0.251. The summed E-state index contributed by atoms with van der Waals surface area (Å²) in [5, 5.41) is 3.00. The average Bonchev–Trinajstić information content (AvgIpc) is 2.61. The second-order valence-corrected chi connectivity index (χ2v) is 6.72. The standard InChI is InChI=1S/C17H29N3O4/c1-13(21)20-10-8-19(9-11-20)7-6-18-16(22)14-4-3-5-15(12-14)17(23)24-2/h14-15H,3-12H2,1-2H3,(H,18,22)/t14-,15+/m0/s1. The van der Waals surface area contributed by atoms with Crippen LogP contribution in [-0.2, 0) is 19.1 Å². The summed E-state index contributed by atoms with van der Waals surface area (Å²) in [6.07, 6.45) is 3.15. The fourth-order valence-electron chi connectivity index (χ4n) is 3.58. The Morgan fingerprint density at radius 2 is 1.75 bits per heavy atom. The predicted octanol–water partition coefficient (Wildman–Crippen LogP) is 0.246. The first kappa shape index (κ1) is 18.7. The number of hydrogen-bond acceptors (Lipinski definition) is 5. The molecule has 0 aromatic carbocycles. The first-order valence-corrected chi connectivity index (χ1v) is 8.84. The summed E-state index contributed by atoms with van der Waals surface area (Å²) >= 11 is 0. The Kier molecular flexibility index (Phi) is 7.02. The molecule has 0 aromatic heterocycles. The molecule has 1 aliphatic carbocycles. The number of methoxy groups -OCH3 is 1. The molecular formula is C17H29N3O4. The van der Waals surface area contributed by atoms with Gasteiger partial charge < -0.3 is 15.0 Å². The molecule has 1 aliphatic heterocycles. The van der Waals surface area contributed by atoms with Crippen molar-refractivity contribution in [2.45, 2.75) is 32.6 Å². The summed E-state index contributed by atoms with van der Waals surface area (Å²) < 4.78 is 4.80. The summed E-state index contributed by atoms with van der Waals surface area (Å²) in [6.45, 7) is 6.22. The van der Waals surface area contributed by atoms with Crippen molar-refractivity contribution in [2.24, 2.45) is 11.8 Å². The van der Waals surface area contributed by atoms with Crippen molar-refractivity contribution >= 4 is 17.8 Å². The highest BCUT2D eigenvalue weighted by Gasteiger charge is 2.31. The van der Waals surface area contributed by atoms with Gasteiger partial charge in [0, 0.05) is 52.1 Å². The smallest absolute Gasteiger partial charge is 0.308 e. The van der Waals surface area contributed by atoms with E-state index in [0.29, 0.717) is 13.0 Å². The van der Waals surface area contributed by atoms with E-state index >= 15 is 0 Å². The number of nitrogens with zero attached hydrogens (tertiary/aromatic N) is 2. The number of amides is 2. The lowest BCUT2D eigenvalue weighted by molar-refractivity contribution is -0.147. The van der Waals surface area contributed by atoms with E-state index in [2.05, 4.69) is 10.2 Å². The van der Waals surface area contributed by atoms with Gasteiger partial charge >= 0.3 is 5.97 Å². The van der Waals surface area contributed by atoms with Crippen LogP contribution in [0.4, 0.5) is 0 Å². The number of hydrogen-bond donors (Lipinski definition) is 1. The SMILES string of the molecule is COC(=O)[C@@H]1CCC[C@H](C(=O)NCCN2CCN(C(C)=O)CC2)C1. The van der Waals surface area contributed by atoms with Crippen LogP contribution in [-0.4, -0.2) is 74.0 Å². The summed E-state index contributed by atoms with van der Waals surface area (Å²) in [7, 11) is 1.40. The van der Waals surface area contributed by atoms with Crippen LogP contribution < -0.4 is 5.32 Å². The molecule has 24 heavy (non-hydrogen) atoms. The van der Waals surface area contributed by atoms with Gasteiger partial charge in [-0.25, -0.2) is 0 Å². The van der Waals surface area contributed by atoms with Gasteiger partial charge in [-0.3, -0.25) is 19.3 Å². The molecule has 2 rings (SSSR count). The highest BCUT2D eigenvalue weighted by Crippen LogP contribution is 2.29. The largest absolute Gasteiger partial charge is 0.469 e. The summed E-state index contributed by atoms with van der Waals surface area (Å²) in [6, 6.07) is 0. The van der Waals surface area contributed by atoms with Crippen molar-refractivity contribution in [1.82, 2.24) is 15.1 Å². The van der Waals surface area contributed by atoms with Crippen molar-refractivity contribution in [1.29, 1.82) is 0 Å². The van der Waals surface area contributed by atoms with Gasteiger partial charge in [-0.2, -0.15) is 0 Å². The number of ether oxygens (including phenoxy) is 1. The van der Waals surface area contributed by atoms with E-state index < -0.39 is 0 Å². The molecule has 2 amide bonds. The quantitative estimate of drug-likeness (QED) is 0.726. The Hall–Kier alpha value is -1.63. The van der Waals surface area contributed by atoms with E-state index in [-0.39, 0.29) is 29.6 Å². The molecule has 2 aliphatic rings. The number of carbonyl (C=O) groups excluding carboxylic acids is 3. The summed E-state index contributed by atoms with van der Waals surface area (Å²) in [4.78, 5) is 39.4. The van der Waals surface area contributed by atoms with Crippen LogP contribution in [0.25, 0.3) is 0 Å². The van der Waals surface area contributed by atoms with Gasteiger partial charge in [0.2, 0.25) is 11.8 Å². The van der Waals surface area contributed by atoms with Crippen molar-refractivity contribution in [3.63, 3.8) is 0 Å². The highest BCUT2D eigenvalue weighted by molar-refractivity contribution is 5.80. The Morgan fingerprint density at radius 3 is 2.38 bits per heavy atom. The molecule has 1 saturated heterocycles. The van der Waals surface area contributed by atoms with Crippen LogP contribution in [0.2, 0.25) is 0 Å². The van der Waals surface area contributed by atoms with Gasteiger partial charge in [-0.05, 0) is 19.3 Å². The van der Waals surface area contributed by atoms with Crippen LogP contribution in [0.3, 0.4) is 0 Å². The molecule has 1 N–H and O–H groups in total. The fraction of sp³-hybridized carbons (Fsp3) is 0.824. The molecule has 1 heterocycles. The molecule has 2 atom stereocenters. The van der Waals surface area contributed by atoms with Crippen molar-refractivity contribution in [2.75, 3.05) is 46.4 Å².